The largest absolute Gasteiger partial charge is 0.497 e. The maximum atomic E-state index is 12.2. The molecule has 5 heteroatoms. The van der Waals surface area contributed by atoms with E-state index < -0.39 is 0 Å². The molecule has 2 fully saturated rings. The first-order chi connectivity index (χ1) is 12.6. The number of carbonyl (C=O) groups is 1. The molecule has 0 amide bonds. The Balaban J connectivity index is 1.59. The maximum Gasteiger partial charge on any atom is 0.306 e. The summed E-state index contributed by atoms with van der Waals surface area (Å²) < 4.78 is 10.5. The zero-order valence-electron chi connectivity index (χ0n) is 15.5. The van der Waals surface area contributed by atoms with Crippen LogP contribution in [0.5, 0.6) is 5.75 Å². The number of hydrogen-bond donors (Lipinski definition) is 1. The molecule has 3 aliphatic heterocycles. The van der Waals surface area contributed by atoms with E-state index in [4.69, 9.17) is 9.47 Å². The molecule has 1 aliphatic carbocycles. The van der Waals surface area contributed by atoms with Crippen LogP contribution in [-0.2, 0) is 9.53 Å². The van der Waals surface area contributed by atoms with Gasteiger partial charge < -0.3 is 14.8 Å². The molecule has 0 aromatic heterocycles. The van der Waals surface area contributed by atoms with E-state index in [0.29, 0.717) is 18.4 Å². The Labute approximate surface area is 154 Å². The summed E-state index contributed by atoms with van der Waals surface area (Å²) in [6.45, 7) is 2.06. The van der Waals surface area contributed by atoms with Gasteiger partial charge in [-0.1, -0.05) is 18.2 Å². The van der Waals surface area contributed by atoms with Gasteiger partial charge in [0.25, 0.3) is 0 Å². The molecule has 1 spiro atoms. The third-order valence-electron chi connectivity index (χ3n) is 7.22. The van der Waals surface area contributed by atoms with Crippen LogP contribution in [-0.4, -0.2) is 49.8 Å². The number of nitrogens with one attached hydrogen (secondary N) is 1. The predicted octanol–water partition coefficient (Wildman–Crippen LogP) is 2.93. The minimum Gasteiger partial charge on any atom is -0.497 e. The first kappa shape index (κ1) is 16.2. The Morgan fingerprint density at radius 2 is 2.23 bits per heavy atom. The molecule has 5 rings (SSSR count). The number of carbonyl (C=O) groups excluding carboxylic acids is 1. The fourth-order valence-corrected chi connectivity index (χ4v) is 6.32. The number of benzene rings is 1. The number of anilines is 1. The van der Waals surface area contributed by atoms with Crippen molar-refractivity contribution in [1.29, 1.82) is 0 Å². The monoisotopic (exact) mass is 354 g/mol. The molecule has 138 valence electrons. The molecule has 1 N–H and O–H groups in total. The van der Waals surface area contributed by atoms with Crippen LogP contribution in [0.25, 0.3) is 0 Å². The van der Waals surface area contributed by atoms with Gasteiger partial charge in [-0.15, -0.1) is 0 Å². The Hall–Kier alpha value is -2.01. The zero-order chi connectivity index (χ0) is 17.9. The van der Waals surface area contributed by atoms with Gasteiger partial charge in [-0.05, 0) is 37.4 Å². The fourth-order valence-electron chi connectivity index (χ4n) is 6.32. The van der Waals surface area contributed by atoms with Gasteiger partial charge in [-0.25, -0.2) is 0 Å². The van der Waals surface area contributed by atoms with E-state index in [2.05, 4.69) is 40.6 Å². The van der Waals surface area contributed by atoms with Gasteiger partial charge in [-0.3, -0.25) is 9.69 Å². The van der Waals surface area contributed by atoms with Gasteiger partial charge in [0.2, 0.25) is 0 Å². The molecule has 1 aromatic carbocycles. The minimum absolute atomic E-state index is 0.00568. The van der Waals surface area contributed by atoms with Crippen LogP contribution in [0.4, 0.5) is 5.69 Å². The summed E-state index contributed by atoms with van der Waals surface area (Å²) in [6, 6.07) is 6.76. The molecule has 5 nitrogen and oxygen atoms in total. The highest BCUT2D eigenvalue weighted by Crippen LogP contribution is 2.63. The van der Waals surface area contributed by atoms with E-state index in [0.717, 1.165) is 38.1 Å². The van der Waals surface area contributed by atoms with E-state index in [1.165, 1.54) is 18.4 Å². The third-order valence-corrected chi connectivity index (χ3v) is 7.22. The number of esters is 1. The highest BCUT2D eigenvalue weighted by molar-refractivity contribution is 5.72. The molecule has 4 aliphatic rings. The lowest BCUT2D eigenvalue weighted by Gasteiger charge is -2.54. The predicted molar refractivity (Wildman–Crippen MR) is 99.5 cm³/mol. The smallest absolute Gasteiger partial charge is 0.306 e. The third kappa shape index (κ3) is 1.98. The van der Waals surface area contributed by atoms with Gasteiger partial charge in [0.15, 0.2) is 0 Å². The molecule has 3 unspecified atom stereocenters. The SMILES string of the molecule is COC(=O)CC12C=CCN3CCC4c5ccc(OC)cc5N[C@@]4(CC1)C32. The number of piperidine rings is 1. The van der Waals surface area contributed by atoms with Crippen molar-refractivity contribution >= 4 is 11.7 Å². The Morgan fingerprint density at radius 3 is 3.04 bits per heavy atom. The molecular formula is C21H26N2O3. The van der Waals surface area contributed by atoms with Crippen molar-refractivity contribution in [3.8, 4) is 5.75 Å². The van der Waals surface area contributed by atoms with Crippen molar-refractivity contribution in [2.24, 2.45) is 5.41 Å². The lowest BCUT2D eigenvalue weighted by molar-refractivity contribution is -0.144. The standard InChI is InChI=1S/C21H26N2O3/c1-25-14-4-5-15-16-6-11-23-10-3-7-20(13-18(24)26-2)8-9-21(16,19(20)23)22-17(15)12-14/h3-5,7,12,16,19,22H,6,8-11,13H2,1-2H3/t16?,19?,20?,21-/m1/s1. The summed E-state index contributed by atoms with van der Waals surface area (Å²) in [5.74, 6) is 1.29. The highest BCUT2D eigenvalue weighted by Gasteiger charge is 2.66. The molecule has 1 saturated carbocycles. The van der Waals surface area contributed by atoms with Crippen LogP contribution in [0.3, 0.4) is 0 Å². The summed E-state index contributed by atoms with van der Waals surface area (Å²) in [6.07, 6.45) is 8.30. The number of ether oxygens (including phenoxy) is 2. The van der Waals surface area contributed by atoms with E-state index >= 15 is 0 Å². The van der Waals surface area contributed by atoms with E-state index in [1.807, 2.05) is 0 Å². The maximum absolute atomic E-state index is 12.2. The first-order valence-electron chi connectivity index (χ1n) is 9.56. The fraction of sp³-hybridized carbons (Fsp3) is 0.571. The number of fused-ring (bicyclic) bond motifs is 2. The van der Waals surface area contributed by atoms with E-state index in [-0.39, 0.29) is 16.9 Å². The first-order valence-corrected chi connectivity index (χ1v) is 9.56. The van der Waals surface area contributed by atoms with Crippen molar-refractivity contribution in [3.05, 3.63) is 35.9 Å². The van der Waals surface area contributed by atoms with Gasteiger partial charge in [0.05, 0.1) is 26.2 Å². The zero-order valence-corrected chi connectivity index (χ0v) is 15.5. The van der Waals surface area contributed by atoms with Crippen LogP contribution in [0.15, 0.2) is 30.4 Å². The van der Waals surface area contributed by atoms with Gasteiger partial charge in [0.1, 0.15) is 5.75 Å². The highest BCUT2D eigenvalue weighted by atomic mass is 16.5. The van der Waals surface area contributed by atoms with Crippen LogP contribution in [0.1, 0.15) is 37.2 Å². The second-order valence-electron chi connectivity index (χ2n) is 8.25. The number of rotatable bonds is 3. The Kier molecular flexibility index (Phi) is 3.42. The molecule has 26 heavy (non-hydrogen) atoms. The van der Waals surface area contributed by atoms with Crippen LogP contribution in [0, 0.1) is 5.41 Å². The molecule has 0 bridgehead atoms. The quantitative estimate of drug-likeness (QED) is 0.668. The number of hydrogen-bond acceptors (Lipinski definition) is 5. The topological polar surface area (TPSA) is 50.8 Å². The molecular weight excluding hydrogens is 328 g/mol. The lowest BCUT2D eigenvalue weighted by Crippen LogP contribution is -2.64. The van der Waals surface area contributed by atoms with Crippen molar-refractivity contribution in [3.63, 3.8) is 0 Å². The molecule has 1 aromatic rings. The number of methoxy groups -OCH3 is 2. The average Bonchev–Trinajstić information content (AvgIpc) is 3.16. The molecule has 4 atom stereocenters. The van der Waals surface area contributed by atoms with Crippen LogP contribution < -0.4 is 10.1 Å². The van der Waals surface area contributed by atoms with Crippen molar-refractivity contribution in [1.82, 2.24) is 4.90 Å². The Morgan fingerprint density at radius 1 is 1.35 bits per heavy atom. The summed E-state index contributed by atoms with van der Waals surface area (Å²) in [5.41, 5.74) is 2.50. The number of nitrogens with zero attached hydrogens (tertiary/aromatic N) is 1. The Bertz CT molecular complexity index is 791. The van der Waals surface area contributed by atoms with E-state index in [1.54, 1.807) is 7.11 Å². The summed E-state index contributed by atoms with van der Waals surface area (Å²) in [5, 5.41) is 3.92. The average molecular weight is 354 g/mol. The summed E-state index contributed by atoms with van der Waals surface area (Å²) in [7, 11) is 3.21. The second kappa shape index (κ2) is 5.49. The van der Waals surface area contributed by atoms with Crippen molar-refractivity contribution in [2.75, 3.05) is 32.6 Å². The summed E-state index contributed by atoms with van der Waals surface area (Å²) in [4.78, 5) is 14.8. The van der Waals surface area contributed by atoms with Crippen molar-refractivity contribution in [2.45, 2.75) is 43.2 Å². The molecule has 0 radical (unpaired) electrons. The van der Waals surface area contributed by atoms with Crippen LogP contribution >= 0.6 is 0 Å². The normalized spacial score (nSPS) is 36.7. The minimum atomic E-state index is -0.122. The molecule has 1 saturated heterocycles. The van der Waals surface area contributed by atoms with Crippen molar-refractivity contribution < 1.29 is 14.3 Å². The van der Waals surface area contributed by atoms with Crippen LogP contribution in [0.2, 0.25) is 0 Å². The van der Waals surface area contributed by atoms with E-state index in [9.17, 15) is 4.79 Å². The van der Waals surface area contributed by atoms with Gasteiger partial charge in [0, 0.05) is 35.7 Å². The summed E-state index contributed by atoms with van der Waals surface area (Å²) >= 11 is 0. The second-order valence-corrected chi connectivity index (χ2v) is 8.25. The lowest BCUT2D eigenvalue weighted by atomic mass is 9.66. The van der Waals surface area contributed by atoms with Gasteiger partial charge in [-0.2, -0.15) is 0 Å². The molecule has 3 heterocycles. The van der Waals surface area contributed by atoms with Gasteiger partial charge >= 0.3 is 5.97 Å².